The highest BCUT2D eigenvalue weighted by atomic mass is 16.2. The summed E-state index contributed by atoms with van der Waals surface area (Å²) in [5, 5.41) is 5.87. The van der Waals surface area contributed by atoms with E-state index in [4.69, 9.17) is 0 Å². The van der Waals surface area contributed by atoms with Crippen LogP contribution in [-0.4, -0.2) is 58.7 Å². The van der Waals surface area contributed by atoms with Crippen LogP contribution in [0.2, 0.25) is 0 Å². The molecule has 3 atom stereocenters. The van der Waals surface area contributed by atoms with E-state index in [1.807, 2.05) is 12.1 Å². The van der Waals surface area contributed by atoms with E-state index in [1.54, 1.807) is 4.90 Å². The largest absolute Gasteiger partial charge is 0.322 e. The van der Waals surface area contributed by atoms with E-state index in [9.17, 15) is 14.4 Å². The van der Waals surface area contributed by atoms with Crippen molar-refractivity contribution in [1.29, 1.82) is 0 Å². The summed E-state index contributed by atoms with van der Waals surface area (Å²) >= 11 is 0. The first-order valence-corrected chi connectivity index (χ1v) is 9.33. The Morgan fingerprint density at radius 2 is 2.08 bits per heavy atom. The molecule has 0 aromatic heterocycles. The van der Waals surface area contributed by atoms with Crippen molar-refractivity contribution < 1.29 is 14.4 Å². The zero-order valence-electron chi connectivity index (χ0n) is 14.5. The Labute approximate surface area is 151 Å². The van der Waals surface area contributed by atoms with Gasteiger partial charge in [0.25, 0.3) is 5.91 Å². The molecule has 0 spiro atoms. The molecule has 3 saturated heterocycles. The molecule has 2 N–H and O–H groups in total. The van der Waals surface area contributed by atoms with Gasteiger partial charge in [0.2, 0.25) is 11.8 Å². The molecule has 4 aliphatic rings. The van der Waals surface area contributed by atoms with E-state index in [-0.39, 0.29) is 24.1 Å². The zero-order chi connectivity index (χ0) is 17.8. The van der Waals surface area contributed by atoms with Crippen LogP contribution in [0.4, 0.5) is 0 Å². The summed E-state index contributed by atoms with van der Waals surface area (Å²) in [4.78, 5) is 40.6. The Hall–Kier alpha value is -2.25. The highest BCUT2D eigenvalue weighted by molar-refractivity contribution is 6.05. The number of piperidine rings is 1. The van der Waals surface area contributed by atoms with Crippen LogP contribution in [0.15, 0.2) is 18.2 Å². The molecule has 0 aliphatic carbocycles. The molecular formula is C19H22N4O3. The number of fused-ring (bicyclic) bond motifs is 3. The van der Waals surface area contributed by atoms with E-state index in [0.717, 1.165) is 25.2 Å². The highest BCUT2D eigenvalue weighted by Crippen LogP contribution is 2.32. The van der Waals surface area contributed by atoms with Gasteiger partial charge in [-0.1, -0.05) is 12.1 Å². The maximum atomic E-state index is 12.9. The second-order valence-corrected chi connectivity index (χ2v) is 7.77. The minimum Gasteiger partial charge on any atom is -0.322 e. The molecule has 4 heterocycles. The summed E-state index contributed by atoms with van der Waals surface area (Å²) in [6.07, 6.45) is 1.89. The van der Waals surface area contributed by atoms with Gasteiger partial charge in [-0.05, 0) is 30.0 Å². The van der Waals surface area contributed by atoms with Gasteiger partial charge in [0, 0.05) is 50.2 Å². The number of imide groups is 1. The molecule has 0 radical (unpaired) electrons. The monoisotopic (exact) mass is 354 g/mol. The average molecular weight is 354 g/mol. The Bertz CT molecular complexity index is 808. The Balaban J connectivity index is 1.38. The van der Waals surface area contributed by atoms with Crippen LogP contribution < -0.4 is 10.6 Å². The Morgan fingerprint density at radius 1 is 1.19 bits per heavy atom. The topological polar surface area (TPSA) is 81.8 Å². The van der Waals surface area contributed by atoms with Crippen LogP contribution in [0.1, 0.15) is 40.7 Å². The summed E-state index contributed by atoms with van der Waals surface area (Å²) in [5.41, 5.74) is 2.92. The lowest BCUT2D eigenvalue weighted by Gasteiger charge is -2.30. The summed E-state index contributed by atoms with van der Waals surface area (Å²) in [6, 6.07) is 6.52. The predicted octanol–water partition coefficient (Wildman–Crippen LogP) is -0.00630. The van der Waals surface area contributed by atoms with E-state index < -0.39 is 6.04 Å². The van der Waals surface area contributed by atoms with Crippen molar-refractivity contribution in [3.63, 3.8) is 0 Å². The van der Waals surface area contributed by atoms with Crippen molar-refractivity contribution in [2.45, 2.75) is 50.5 Å². The van der Waals surface area contributed by atoms with E-state index in [0.29, 0.717) is 30.6 Å². The fourth-order valence-electron chi connectivity index (χ4n) is 4.86. The number of hydrogen-bond donors (Lipinski definition) is 2. The van der Waals surface area contributed by atoms with Gasteiger partial charge in [-0.25, -0.2) is 0 Å². The normalized spacial score (nSPS) is 30.8. The molecule has 7 heteroatoms. The Kier molecular flexibility index (Phi) is 3.62. The number of amides is 3. The third kappa shape index (κ3) is 2.46. The first-order valence-electron chi connectivity index (χ1n) is 9.33. The van der Waals surface area contributed by atoms with Crippen LogP contribution in [0.25, 0.3) is 0 Å². The lowest BCUT2D eigenvalue weighted by molar-refractivity contribution is -0.136. The van der Waals surface area contributed by atoms with Gasteiger partial charge in [0.1, 0.15) is 6.04 Å². The van der Waals surface area contributed by atoms with E-state index >= 15 is 0 Å². The predicted molar refractivity (Wildman–Crippen MR) is 93.1 cm³/mol. The van der Waals surface area contributed by atoms with Crippen molar-refractivity contribution >= 4 is 17.7 Å². The number of likely N-dealkylation sites (tertiary alicyclic amines) is 1. The quantitative estimate of drug-likeness (QED) is 0.747. The van der Waals surface area contributed by atoms with Crippen LogP contribution >= 0.6 is 0 Å². The van der Waals surface area contributed by atoms with Gasteiger partial charge < -0.3 is 10.2 Å². The number of carbonyl (C=O) groups is 3. The van der Waals surface area contributed by atoms with Crippen molar-refractivity contribution in [3.8, 4) is 0 Å². The van der Waals surface area contributed by atoms with E-state index in [2.05, 4.69) is 21.6 Å². The van der Waals surface area contributed by atoms with Crippen LogP contribution in [-0.2, 0) is 22.7 Å². The van der Waals surface area contributed by atoms with Gasteiger partial charge in [-0.15, -0.1) is 0 Å². The summed E-state index contributed by atoms with van der Waals surface area (Å²) in [6.45, 7) is 3.40. The summed E-state index contributed by atoms with van der Waals surface area (Å²) in [7, 11) is 0. The molecule has 26 heavy (non-hydrogen) atoms. The minimum atomic E-state index is -0.549. The average Bonchev–Trinajstić information content (AvgIpc) is 3.31. The van der Waals surface area contributed by atoms with E-state index in [1.165, 1.54) is 12.0 Å². The molecule has 4 aliphatic heterocycles. The number of carbonyl (C=O) groups excluding carboxylic acids is 3. The number of rotatable bonds is 3. The molecular weight excluding hydrogens is 332 g/mol. The first-order chi connectivity index (χ1) is 12.6. The van der Waals surface area contributed by atoms with Crippen molar-refractivity contribution in [1.82, 2.24) is 20.4 Å². The molecule has 3 fully saturated rings. The number of hydrogen-bond acceptors (Lipinski definition) is 5. The maximum Gasteiger partial charge on any atom is 0.255 e. The highest BCUT2D eigenvalue weighted by Gasteiger charge is 2.41. The second kappa shape index (κ2) is 5.89. The number of benzene rings is 1. The molecule has 2 bridgehead atoms. The molecule has 1 aromatic rings. The lowest BCUT2D eigenvalue weighted by atomic mass is 10.0. The Morgan fingerprint density at radius 3 is 2.81 bits per heavy atom. The standard InChI is InChI=1S/C19H22N4O3/c24-17-5-4-16(18(25)21-17)23-10-15-11(2-1-3-14(15)19(23)26)8-22-9-12-6-13(22)7-20-12/h1-3,12-13,16,20H,4-10H2,(H,21,24,25). The molecule has 5 rings (SSSR count). The van der Waals surface area contributed by atoms with Crippen LogP contribution in [0.5, 0.6) is 0 Å². The fraction of sp³-hybridized carbons (Fsp3) is 0.526. The van der Waals surface area contributed by atoms with Gasteiger partial charge in [0.15, 0.2) is 0 Å². The van der Waals surface area contributed by atoms with Gasteiger partial charge >= 0.3 is 0 Å². The summed E-state index contributed by atoms with van der Waals surface area (Å²) in [5.74, 6) is -0.707. The zero-order valence-corrected chi connectivity index (χ0v) is 14.5. The minimum absolute atomic E-state index is 0.0963. The van der Waals surface area contributed by atoms with Gasteiger partial charge in [-0.2, -0.15) is 0 Å². The number of piperazine rings is 1. The molecule has 7 nitrogen and oxygen atoms in total. The van der Waals surface area contributed by atoms with Crippen LogP contribution in [0, 0.1) is 0 Å². The molecule has 1 aromatic carbocycles. The van der Waals surface area contributed by atoms with Crippen LogP contribution in [0.3, 0.4) is 0 Å². The lowest BCUT2D eigenvalue weighted by Crippen LogP contribution is -2.52. The third-order valence-corrected chi connectivity index (χ3v) is 6.22. The molecule has 3 unspecified atom stereocenters. The first kappa shape index (κ1) is 16.0. The van der Waals surface area contributed by atoms with Crippen molar-refractivity contribution in [2.24, 2.45) is 0 Å². The molecule has 3 amide bonds. The SMILES string of the molecule is O=C1CCC(N2Cc3c(CN4CC5CC4CN5)cccc3C2=O)C(=O)N1. The maximum absolute atomic E-state index is 12.9. The smallest absolute Gasteiger partial charge is 0.255 e. The molecule has 0 saturated carbocycles. The second-order valence-electron chi connectivity index (χ2n) is 7.77. The van der Waals surface area contributed by atoms with Gasteiger partial charge in [-0.3, -0.25) is 24.6 Å². The summed E-state index contributed by atoms with van der Waals surface area (Å²) < 4.78 is 0. The van der Waals surface area contributed by atoms with Gasteiger partial charge in [0.05, 0.1) is 0 Å². The molecule has 136 valence electrons. The fourth-order valence-corrected chi connectivity index (χ4v) is 4.86. The number of nitrogens with zero attached hydrogens (tertiary/aromatic N) is 2. The van der Waals surface area contributed by atoms with Crippen molar-refractivity contribution in [3.05, 3.63) is 34.9 Å². The number of nitrogens with one attached hydrogen (secondary N) is 2. The third-order valence-electron chi connectivity index (χ3n) is 6.22. The van der Waals surface area contributed by atoms with Crippen molar-refractivity contribution in [2.75, 3.05) is 13.1 Å².